The van der Waals surface area contributed by atoms with Gasteiger partial charge in [0.25, 0.3) is 5.91 Å². The molecule has 4 rings (SSSR count). The van der Waals surface area contributed by atoms with Gasteiger partial charge in [0.2, 0.25) is 21.7 Å². The summed E-state index contributed by atoms with van der Waals surface area (Å²) in [6.45, 7) is 8.24. The van der Waals surface area contributed by atoms with Gasteiger partial charge in [-0.15, -0.1) is 11.3 Å². The van der Waals surface area contributed by atoms with Crippen molar-refractivity contribution >= 4 is 27.3 Å². The van der Waals surface area contributed by atoms with Crippen LogP contribution in [0.3, 0.4) is 0 Å². The average Bonchev–Trinajstić information content (AvgIpc) is 3.45. The molecule has 176 valence electrons. The van der Waals surface area contributed by atoms with Gasteiger partial charge >= 0.3 is 0 Å². The summed E-state index contributed by atoms with van der Waals surface area (Å²) in [6, 6.07) is 8.34. The average molecular weight is 490 g/mol. The van der Waals surface area contributed by atoms with Crippen molar-refractivity contribution in [2.45, 2.75) is 38.3 Å². The molecule has 3 aromatic rings. The van der Waals surface area contributed by atoms with Crippen LogP contribution < -0.4 is 4.72 Å². The highest BCUT2D eigenvalue weighted by molar-refractivity contribution is 7.89. The van der Waals surface area contributed by atoms with Gasteiger partial charge in [0, 0.05) is 37.8 Å². The highest BCUT2D eigenvalue weighted by Gasteiger charge is 2.26. The fourth-order valence-electron chi connectivity index (χ4n) is 3.67. The number of carbonyl (C=O) groups is 1. The quantitative estimate of drug-likeness (QED) is 0.544. The number of hydrogen-bond acceptors (Lipinski definition) is 8. The lowest BCUT2D eigenvalue weighted by Crippen LogP contribution is -2.48. The van der Waals surface area contributed by atoms with Gasteiger partial charge in [-0.25, -0.2) is 13.1 Å². The molecule has 0 bridgehead atoms. The number of nitrogens with zero attached hydrogens (tertiary/aromatic N) is 4. The third-order valence-electron chi connectivity index (χ3n) is 5.37. The Kier molecular flexibility index (Phi) is 6.94. The molecule has 2 aromatic heterocycles. The normalized spacial score (nSPS) is 15.3. The Morgan fingerprint density at radius 3 is 2.64 bits per heavy atom. The molecule has 0 unspecified atom stereocenters. The summed E-state index contributed by atoms with van der Waals surface area (Å²) in [5.41, 5.74) is 1.16. The van der Waals surface area contributed by atoms with Crippen molar-refractivity contribution in [3.8, 4) is 10.7 Å². The standard InChI is InChI=1S/C22H27N5O4S2/c1-15(2)25-33(29,30)17-7-6-16(3)18(13-17)22(28)27-10-8-26(9-11-27)14-20-23-21(24-31-20)19-5-4-12-32-19/h4-7,12-13,15,25H,8-11,14H2,1-3H3. The molecule has 0 spiro atoms. The van der Waals surface area contributed by atoms with Gasteiger partial charge in [-0.05, 0) is 49.9 Å². The number of benzene rings is 1. The first-order valence-corrected chi connectivity index (χ1v) is 13.1. The second-order valence-electron chi connectivity index (χ2n) is 8.31. The summed E-state index contributed by atoms with van der Waals surface area (Å²) in [5.74, 6) is 0.974. The maximum Gasteiger partial charge on any atom is 0.254 e. The first-order chi connectivity index (χ1) is 15.7. The molecule has 1 aliphatic heterocycles. The smallest absolute Gasteiger partial charge is 0.254 e. The zero-order valence-corrected chi connectivity index (χ0v) is 20.4. The monoisotopic (exact) mass is 489 g/mol. The van der Waals surface area contributed by atoms with Gasteiger partial charge in [0.05, 0.1) is 16.3 Å². The van der Waals surface area contributed by atoms with Crippen molar-refractivity contribution in [1.82, 2.24) is 24.7 Å². The predicted octanol–water partition coefficient (Wildman–Crippen LogP) is 2.75. The van der Waals surface area contributed by atoms with Crippen molar-refractivity contribution in [2.75, 3.05) is 26.2 Å². The topological polar surface area (TPSA) is 109 Å². The Hall–Kier alpha value is -2.60. The minimum absolute atomic E-state index is 0.0988. The molecule has 1 fully saturated rings. The van der Waals surface area contributed by atoms with Crippen LogP contribution in [0, 0.1) is 6.92 Å². The maximum absolute atomic E-state index is 13.2. The van der Waals surface area contributed by atoms with Gasteiger partial charge in [0.1, 0.15) is 0 Å². The second kappa shape index (κ2) is 9.72. The molecule has 33 heavy (non-hydrogen) atoms. The molecule has 1 N–H and O–H groups in total. The molecule has 11 heteroatoms. The molecule has 1 aromatic carbocycles. The molecule has 1 saturated heterocycles. The Balaban J connectivity index is 1.39. The molecule has 9 nitrogen and oxygen atoms in total. The van der Waals surface area contributed by atoms with Gasteiger partial charge < -0.3 is 9.42 Å². The minimum atomic E-state index is -3.67. The Labute approximate surface area is 197 Å². The summed E-state index contributed by atoms with van der Waals surface area (Å²) in [6.07, 6.45) is 0. The molecular weight excluding hydrogens is 462 g/mol. The van der Waals surface area contributed by atoms with E-state index in [1.807, 2.05) is 24.4 Å². The number of piperazine rings is 1. The Morgan fingerprint density at radius 1 is 1.21 bits per heavy atom. The van der Waals surface area contributed by atoms with Gasteiger partial charge in [-0.3, -0.25) is 9.69 Å². The molecular formula is C22H27N5O4S2. The summed E-state index contributed by atoms with van der Waals surface area (Å²) in [7, 11) is -3.67. The molecule has 3 heterocycles. The lowest BCUT2D eigenvalue weighted by molar-refractivity contribution is 0.0614. The molecule has 1 amide bonds. The number of carbonyl (C=O) groups excluding carboxylic acids is 1. The number of aromatic nitrogens is 2. The van der Waals surface area contributed by atoms with Crippen LogP contribution in [0.1, 0.15) is 35.7 Å². The van der Waals surface area contributed by atoms with E-state index in [4.69, 9.17) is 4.52 Å². The lowest BCUT2D eigenvalue weighted by atomic mass is 10.1. The van der Waals surface area contributed by atoms with E-state index in [9.17, 15) is 13.2 Å². The fourth-order valence-corrected chi connectivity index (χ4v) is 5.60. The van der Waals surface area contributed by atoms with Crippen molar-refractivity contribution in [1.29, 1.82) is 0 Å². The molecule has 1 aliphatic rings. The maximum atomic E-state index is 13.2. The van der Waals surface area contributed by atoms with Gasteiger partial charge in [-0.1, -0.05) is 17.3 Å². The number of amides is 1. The Morgan fingerprint density at radius 2 is 1.97 bits per heavy atom. The molecule has 0 aliphatic carbocycles. The van der Waals surface area contributed by atoms with Crippen molar-refractivity contribution in [2.24, 2.45) is 0 Å². The predicted molar refractivity (Wildman–Crippen MR) is 125 cm³/mol. The number of aryl methyl sites for hydroxylation is 1. The summed E-state index contributed by atoms with van der Waals surface area (Å²) in [4.78, 5) is 22.6. The van der Waals surface area contributed by atoms with Crippen LogP contribution in [0.25, 0.3) is 10.7 Å². The van der Waals surface area contributed by atoms with Crippen LogP contribution >= 0.6 is 11.3 Å². The third kappa shape index (κ3) is 5.49. The van der Waals surface area contributed by atoms with E-state index in [2.05, 4.69) is 19.8 Å². The highest BCUT2D eigenvalue weighted by atomic mass is 32.2. The van der Waals surface area contributed by atoms with Crippen LogP contribution in [-0.4, -0.2) is 66.5 Å². The van der Waals surface area contributed by atoms with Gasteiger partial charge in [0.15, 0.2) is 0 Å². The zero-order valence-electron chi connectivity index (χ0n) is 18.8. The number of thiophene rings is 1. The van der Waals surface area contributed by atoms with E-state index in [1.54, 1.807) is 36.2 Å². The number of hydrogen-bond donors (Lipinski definition) is 1. The van der Waals surface area contributed by atoms with E-state index >= 15 is 0 Å². The highest BCUT2D eigenvalue weighted by Crippen LogP contribution is 2.22. The van der Waals surface area contributed by atoms with Crippen LogP contribution in [0.5, 0.6) is 0 Å². The summed E-state index contributed by atoms with van der Waals surface area (Å²) >= 11 is 1.56. The number of nitrogens with one attached hydrogen (secondary N) is 1. The molecule has 0 radical (unpaired) electrons. The van der Waals surface area contributed by atoms with Crippen LogP contribution in [0.15, 0.2) is 45.1 Å². The molecule has 0 atom stereocenters. The van der Waals surface area contributed by atoms with E-state index in [0.717, 1.165) is 10.4 Å². The van der Waals surface area contributed by atoms with E-state index in [0.29, 0.717) is 50.0 Å². The minimum Gasteiger partial charge on any atom is -0.338 e. The SMILES string of the molecule is Cc1ccc(S(=O)(=O)NC(C)C)cc1C(=O)N1CCN(Cc2nc(-c3cccs3)no2)CC1. The summed E-state index contributed by atoms with van der Waals surface area (Å²) < 4.78 is 33.0. The van der Waals surface area contributed by atoms with Crippen molar-refractivity contribution in [3.63, 3.8) is 0 Å². The fraction of sp³-hybridized carbons (Fsp3) is 0.409. The second-order valence-corrected chi connectivity index (χ2v) is 11.0. The van der Waals surface area contributed by atoms with Crippen LogP contribution in [-0.2, 0) is 16.6 Å². The van der Waals surface area contributed by atoms with E-state index in [1.165, 1.54) is 12.1 Å². The van der Waals surface area contributed by atoms with E-state index < -0.39 is 10.0 Å². The first-order valence-electron chi connectivity index (χ1n) is 10.7. The number of rotatable bonds is 7. The largest absolute Gasteiger partial charge is 0.338 e. The molecule has 0 saturated carbocycles. The lowest BCUT2D eigenvalue weighted by Gasteiger charge is -2.34. The number of sulfonamides is 1. The third-order valence-corrected chi connectivity index (χ3v) is 7.89. The van der Waals surface area contributed by atoms with Crippen LogP contribution in [0.2, 0.25) is 0 Å². The van der Waals surface area contributed by atoms with Crippen molar-refractivity contribution in [3.05, 3.63) is 52.7 Å². The summed E-state index contributed by atoms with van der Waals surface area (Å²) in [5, 5.41) is 6.01. The van der Waals surface area contributed by atoms with Gasteiger partial charge in [-0.2, -0.15) is 4.98 Å². The van der Waals surface area contributed by atoms with E-state index in [-0.39, 0.29) is 16.8 Å². The van der Waals surface area contributed by atoms with Crippen molar-refractivity contribution < 1.29 is 17.7 Å². The zero-order chi connectivity index (χ0) is 23.6. The Bertz CT molecular complexity index is 1210. The first kappa shape index (κ1) is 23.6. The van der Waals surface area contributed by atoms with Crippen LogP contribution in [0.4, 0.5) is 0 Å².